The Kier molecular flexibility index (Phi) is 6.39. The van der Waals surface area contributed by atoms with Gasteiger partial charge in [-0.2, -0.15) is 0 Å². The van der Waals surface area contributed by atoms with Crippen LogP contribution in [0.4, 0.5) is 0 Å². The molecule has 3 rings (SSSR count). The average molecular weight is 362 g/mol. The van der Waals surface area contributed by atoms with E-state index in [0.29, 0.717) is 12.2 Å². The summed E-state index contributed by atoms with van der Waals surface area (Å²) in [4.78, 5) is 19.1. The number of hydrogen-bond donors (Lipinski definition) is 1. The molecule has 0 atom stereocenters. The van der Waals surface area contributed by atoms with E-state index in [-0.39, 0.29) is 5.91 Å². The highest BCUT2D eigenvalue weighted by atomic mass is 16.1. The smallest absolute Gasteiger partial charge is 0.270 e. The van der Waals surface area contributed by atoms with Gasteiger partial charge in [-0.25, -0.2) is 4.98 Å². The standard InChI is InChI=1S/C22H26N4O/c1-3-25(4-2)16-19-12-10-18(11-13-19)14-24-22(27)21-15-23-17-26(21)20-8-6-5-7-9-20/h5-13,15,17H,3-4,14,16H2,1-2H3,(H,24,27). The average Bonchev–Trinajstić information content (AvgIpc) is 3.22. The fraction of sp³-hybridized carbons (Fsp3) is 0.273. The Hall–Kier alpha value is -2.92. The highest BCUT2D eigenvalue weighted by molar-refractivity contribution is 5.92. The minimum atomic E-state index is -0.136. The third-order valence-corrected chi connectivity index (χ3v) is 4.68. The van der Waals surface area contributed by atoms with Crippen LogP contribution in [0.15, 0.2) is 67.1 Å². The maximum atomic E-state index is 12.6. The van der Waals surface area contributed by atoms with Crippen LogP contribution in [0.25, 0.3) is 5.69 Å². The molecule has 0 aliphatic heterocycles. The van der Waals surface area contributed by atoms with E-state index in [1.807, 2.05) is 30.3 Å². The number of imidazole rings is 1. The summed E-state index contributed by atoms with van der Waals surface area (Å²) in [7, 11) is 0. The molecule has 1 N–H and O–H groups in total. The second-order valence-corrected chi connectivity index (χ2v) is 6.44. The minimum Gasteiger partial charge on any atom is -0.347 e. The van der Waals surface area contributed by atoms with Crippen molar-refractivity contribution in [3.8, 4) is 5.69 Å². The zero-order chi connectivity index (χ0) is 19.1. The zero-order valence-electron chi connectivity index (χ0n) is 15.9. The van der Waals surface area contributed by atoms with Crippen molar-refractivity contribution in [1.29, 1.82) is 0 Å². The SMILES string of the molecule is CCN(CC)Cc1ccc(CNC(=O)c2cncn2-c2ccccc2)cc1. The van der Waals surface area contributed by atoms with Crippen LogP contribution in [0, 0.1) is 0 Å². The topological polar surface area (TPSA) is 50.2 Å². The monoisotopic (exact) mass is 362 g/mol. The van der Waals surface area contributed by atoms with Gasteiger partial charge in [-0.05, 0) is 36.3 Å². The van der Waals surface area contributed by atoms with E-state index >= 15 is 0 Å². The number of nitrogens with one attached hydrogen (secondary N) is 1. The van der Waals surface area contributed by atoms with Crippen molar-refractivity contribution in [1.82, 2.24) is 19.8 Å². The predicted octanol–water partition coefficient (Wildman–Crippen LogP) is 3.64. The molecule has 0 aliphatic rings. The summed E-state index contributed by atoms with van der Waals surface area (Å²) in [5.74, 6) is -0.136. The van der Waals surface area contributed by atoms with Crippen molar-refractivity contribution in [2.45, 2.75) is 26.9 Å². The van der Waals surface area contributed by atoms with E-state index in [1.54, 1.807) is 17.1 Å². The van der Waals surface area contributed by atoms with Crippen molar-refractivity contribution in [3.63, 3.8) is 0 Å². The molecular weight excluding hydrogens is 336 g/mol. The van der Waals surface area contributed by atoms with Crippen LogP contribution < -0.4 is 5.32 Å². The first-order chi connectivity index (χ1) is 13.2. The number of hydrogen-bond acceptors (Lipinski definition) is 3. The molecule has 140 valence electrons. The quantitative estimate of drug-likeness (QED) is 0.665. The third kappa shape index (κ3) is 4.83. The summed E-state index contributed by atoms with van der Waals surface area (Å²) < 4.78 is 1.79. The van der Waals surface area contributed by atoms with Crippen LogP contribution in [-0.2, 0) is 13.1 Å². The second kappa shape index (κ2) is 9.14. The molecule has 5 nitrogen and oxygen atoms in total. The van der Waals surface area contributed by atoms with Gasteiger partial charge in [0.05, 0.1) is 12.5 Å². The normalized spacial score (nSPS) is 10.9. The van der Waals surface area contributed by atoms with Gasteiger partial charge in [0, 0.05) is 18.8 Å². The summed E-state index contributed by atoms with van der Waals surface area (Å²) in [6.07, 6.45) is 3.25. The predicted molar refractivity (Wildman–Crippen MR) is 108 cm³/mol. The van der Waals surface area contributed by atoms with E-state index in [0.717, 1.165) is 30.9 Å². The van der Waals surface area contributed by atoms with Gasteiger partial charge in [0.1, 0.15) is 5.69 Å². The molecule has 27 heavy (non-hydrogen) atoms. The van der Waals surface area contributed by atoms with Crippen molar-refractivity contribution >= 4 is 5.91 Å². The van der Waals surface area contributed by atoms with Gasteiger partial charge in [0.2, 0.25) is 0 Å². The molecule has 1 heterocycles. The third-order valence-electron chi connectivity index (χ3n) is 4.68. The van der Waals surface area contributed by atoms with Gasteiger partial charge in [-0.1, -0.05) is 56.3 Å². The lowest BCUT2D eigenvalue weighted by atomic mass is 10.1. The Labute approximate surface area is 160 Å². The highest BCUT2D eigenvalue weighted by Gasteiger charge is 2.12. The Morgan fingerprint density at radius 1 is 1.00 bits per heavy atom. The van der Waals surface area contributed by atoms with E-state index < -0.39 is 0 Å². The van der Waals surface area contributed by atoms with E-state index in [4.69, 9.17) is 0 Å². The Balaban J connectivity index is 1.61. The van der Waals surface area contributed by atoms with Crippen molar-refractivity contribution in [3.05, 3.63) is 83.9 Å². The first-order valence-electron chi connectivity index (χ1n) is 9.37. The lowest BCUT2D eigenvalue weighted by Crippen LogP contribution is -2.25. The molecule has 2 aromatic carbocycles. The summed E-state index contributed by atoms with van der Waals surface area (Å²) in [5.41, 5.74) is 3.81. The minimum absolute atomic E-state index is 0.136. The lowest BCUT2D eigenvalue weighted by Gasteiger charge is -2.18. The van der Waals surface area contributed by atoms with Crippen LogP contribution in [0.1, 0.15) is 35.5 Å². The fourth-order valence-corrected chi connectivity index (χ4v) is 3.00. The first-order valence-corrected chi connectivity index (χ1v) is 9.37. The Bertz CT molecular complexity index is 852. The molecule has 1 aromatic heterocycles. The molecular formula is C22H26N4O. The number of para-hydroxylation sites is 1. The first kappa shape index (κ1) is 18.9. The van der Waals surface area contributed by atoms with Crippen LogP contribution in [0.2, 0.25) is 0 Å². The number of amides is 1. The van der Waals surface area contributed by atoms with E-state index in [1.165, 1.54) is 5.56 Å². The molecule has 1 amide bonds. The number of aromatic nitrogens is 2. The van der Waals surface area contributed by atoms with Gasteiger partial charge in [-0.15, -0.1) is 0 Å². The van der Waals surface area contributed by atoms with Gasteiger partial charge in [0.25, 0.3) is 5.91 Å². The van der Waals surface area contributed by atoms with Gasteiger partial charge >= 0.3 is 0 Å². The van der Waals surface area contributed by atoms with Crippen LogP contribution in [-0.4, -0.2) is 33.4 Å². The largest absolute Gasteiger partial charge is 0.347 e. The molecule has 0 bridgehead atoms. The van der Waals surface area contributed by atoms with Crippen molar-refractivity contribution < 1.29 is 4.79 Å². The summed E-state index contributed by atoms with van der Waals surface area (Å²) in [6.45, 7) is 7.88. The van der Waals surface area contributed by atoms with Gasteiger partial charge in [-0.3, -0.25) is 14.3 Å². The van der Waals surface area contributed by atoms with Crippen LogP contribution >= 0.6 is 0 Å². The maximum Gasteiger partial charge on any atom is 0.270 e. The Morgan fingerprint density at radius 2 is 1.67 bits per heavy atom. The van der Waals surface area contributed by atoms with Crippen molar-refractivity contribution in [2.75, 3.05) is 13.1 Å². The number of benzene rings is 2. The molecule has 0 saturated carbocycles. The molecule has 0 aliphatic carbocycles. The zero-order valence-corrected chi connectivity index (χ0v) is 15.9. The van der Waals surface area contributed by atoms with Gasteiger partial charge < -0.3 is 5.32 Å². The molecule has 0 fully saturated rings. The van der Waals surface area contributed by atoms with Gasteiger partial charge in [0.15, 0.2) is 0 Å². The number of nitrogens with zero attached hydrogens (tertiary/aromatic N) is 3. The highest BCUT2D eigenvalue weighted by Crippen LogP contribution is 2.11. The molecule has 0 spiro atoms. The van der Waals surface area contributed by atoms with Crippen molar-refractivity contribution in [2.24, 2.45) is 0 Å². The van der Waals surface area contributed by atoms with Crippen LogP contribution in [0.5, 0.6) is 0 Å². The summed E-state index contributed by atoms with van der Waals surface area (Å²) in [6, 6.07) is 18.2. The maximum absolute atomic E-state index is 12.6. The van der Waals surface area contributed by atoms with E-state index in [2.05, 4.69) is 53.3 Å². The molecule has 3 aromatic rings. The van der Waals surface area contributed by atoms with E-state index in [9.17, 15) is 4.79 Å². The second-order valence-electron chi connectivity index (χ2n) is 6.44. The number of carbonyl (C=O) groups is 1. The molecule has 0 unspecified atom stereocenters. The molecule has 0 radical (unpaired) electrons. The fourth-order valence-electron chi connectivity index (χ4n) is 3.00. The lowest BCUT2D eigenvalue weighted by molar-refractivity contribution is 0.0944. The van der Waals surface area contributed by atoms with Crippen LogP contribution in [0.3, 0.4) is 0 Å². The summed E-state index contributed by atoms with van der Waals surface area (Å²) >= 11 is 0. The molecule has 0 saturated heterocycles. The molecule has 5 heteroatoms. The summed E-state index contributed by atoms with van der Waals surface area (Å²) in [5, 5.41) is 2.98. The Morgan fingerprint density at radius 3 is 2.33 bits per heavy atom. The number of rotatable bonds is 8. The number of carbonyl (C=O) groups excluding carboxylic acids is 1.